The Hall–Kier alpha value is -1.67. The number of nitrogens with zero attached hydrogens (tertiary/aromatic N) is 1. The quantitative estimate of drug-likeness (QED) is 0.192. The highest BCUT2D eigenvalue weighted by molar-refractivity contribution is 5.89. The van der Waals surface area contributed by atoms with Crippen molar-refractivity contribution in [1.29, 1.82) is 0 Å². The average molecular weight is 419 g/mol. The summed E-state index contributed by atoms with van der Waals surface area (Å²) in [5, 5.41) is 32.8. The summed E-state index contributed by atoms with van der Waals surface area (Å²) in [4.78, 5) is 35.2. The van der Waals surface area contributed by atoms with E-state index in [2.05, 4.69) is 5.32 Å². The van der Waals surface area contributed by atoms with Gasteiger partial charge in [-0.15, -0.1) is 0 Å². The summed E-state index contributed by atoms with van der Waals surface area (Å²) >= 11 is 0. The third-order valence-electron chi connectivity index (χ3n) is 4.52. The van der Waals surface area contributed by atoms with Crippen molar-refractivity contribution in [1.82, 2.24) is 5.32 Å². The molecule has 0 spiro atoms. The summed E-state index contributed by atoms with van der Waals surface area (Å²) in [5.41, 5.74) is 16.4. The zero-order valence-electron chi connectivity index (χ0n) is 16.5. The number of hydrogen-bond donors (Lipinski definition) is 6. The lowest BCUT2D eigenvalue weighted by Gasteiger charge is -2.41. The fourth-order valence-corrected chi connectivity index (χ4v) is 2.85. The summed E-state index contributed by atoms with van der Waals surface area (Å²) in [6.07, 6.45) is -5.77. The first kappa shape index (κ1) is 25.4. The van der Waals surface area contributed by atoms with Gasteiger partial charge in [0.25, 0.3) is 5.91 Å². The number of rotatable bonds is 11. The van der Waals surface area contributed by atoms with Crippen molar-refractivity contribution < 1.29 is 39.2 Å². The van der Waals surface area contributed by atoms with Gasteiger partial charge in [0, 0.05) is 12.8 Å². The Morgan fingerprint density at radius 2 is 1.86 bits per heavy atom. The van der Waals surface area contributed by atoms with E-state index in [1.807, 2.05) is 0 Å². The SMILES string of the molecule is CC(CC(=O)CC[C@@H]([N]C(=O)[C@H](C)N)C(N)=O)O[C@@H]1[C@@H](N)[C@@H](O)O[C@H](CO)[C@H]1O. The number of amides is 2. The maximum atomic E-state index is 12.2. The molecule has 1 aliphatic rings. The number of ether oxygens (including phenoxy) is 2. The first-order valence-electron chi connectivity index (χ1n) is 9.32. The summed E-state index contributed by atoms with van der Waals surface area (Å²) in [5.74, 6) is -1.81. The van der Waals surface area contributed by atoms with E-state index in [0.29, 0.717) is 0 Å². The second kappa shape index (κ2) is 11.5. The van der Waals surface area contributed by atoms with Crippen molar-refractivity contribution >= 4 is 17.6 Å². The normalized spacial score (nSPS) is 30.2. The first-order valence-corrected chi connectivity index (χ1v) is 9.32. The van der Waals surface area contributed by atoms with Crippen molar-refractivity contribution in [2.45, 2.75) is 81.9 Å². The molecule has 0 aromatic carbocycles. The van der Waals surface area contributed by atoms with Gasteiger partial charge in [0.2, 0.25) is 5.91 Å². The van der Waals surface area contributed by atoms with E-state index in [0.717, 1.165) is 0 Å². The van der Waals surface area contributed by atoms with Crippen LogP contribution in [0.2, 0.25) is 0 Å². The Balaban J connectivity index is 2.56. The lowest BCUT2D eigenvalue weighted by Crippen LogP contribution is -2.63. The molecule has 0 aliphatic carbocycles. The molecule has 1 radical (unpaired) electrons. The molecule has 1 unspecified atom stereocenters. The lowest BCUT2D eigenvalue weighted by atomic mass is 9.97. The number of Topliss-reactive ketones (excluding diaryl/α,β-unsaturated/α-hetero) is 1. The van der Waals surface area contributed by atoms with Gasteiger partial charge in [0.15, 0.2) is 6.29 Å². The Kier molecular flexibility index (Phi) is 10.1. The average Bonchev–Trinajstić information content (AvgIpc) is 2.64. The van der Waals surface area contributed by atoms with Crippen LogP contribution in [0.25, 0.3) is 0 Å². The molecule has 1 heterocycles. The number of carbonyl (C=O) groups excluding carboxylic acids is 3. The predicted octanol–water partition coefficient (Wildman–Crippen LogP) is -3.77. The molecule has 29 heavy (non-hydrogen) atoms. The molecule has 1 rings (SSSR count). The second-order valence-corrected chi connectivity index (χ2v) is 7.18. The van der Waals surface area contributed by atoms with Crippen LogP contribution < -0.4 is 22.5 Å². The van der Waals surface area contributed by atoms with Crippen LogP contribution in [0.15, 0.2) is 0 Å². The van der Waals surface area contributed by atoms with Gasteiger partial charge in [0.05, 0.1) is 24.8 Å². The van der Waals surface area contributed by atoms with E-state index in [4.69, 9.17) is 26.7 Å². The highest BCUT2D eigenvalue weighted by Crippen LogP contribution is 2.23. The number of aliphatic hydroxyl groups excluding tert-OH is 3. The molecule has 0 aromatic rings. The maximum absolute atomic E-state index is 12.2. The number of nitrogens with two attached hydrogens (primary N) is 3. The highest BCUT2D eigenvalue weighted by atomic mass is 16.6. The zero-order chi connectivity index (χ0) is 22.3. The van der Waals surface area contributed by atoms with E-state index in [-0.39, 0.29) is 25.0 Å². The lowest BCUT2D eigenvalue weighted by molar-refractivity contribution is -0.262. The number of carbonyl (C=O) groups is 3. The Morgan fingerprint density at radius 1 is 1.24 bits per heavy atom. The van der Waals surface area contributed by atoms with Gasteiger partial charge in [0.1, 0.15) is 30.1 Å². The number of hydrogen-bond acceptors (Lipinski definition) is 10. The summed E-state index contributed by atoms with van der Waals surface area (Å²) in [7, 11) is 0. The van der Waals surface area contributed by atoms with Gasteiger partial charge in [-0.05, 0) is 20.3 Å². The molecule has 1 aliphatic heterocycles. The van der Waals surface area contributed by atoms with E-state index in [1.54, 1.807) is 6.92 Å². The molecular weight excluding hydrogens is 388 g/mol. The minimum absolute atomic E-state index is 0.0515. The molecule has 0 bridgehead atoms. The third kappa shape index (κ3) is 7.59. The number of primary amides is 1. The number of ketones is 1. The summed E-state index contributed by atoms with van der Waals surface area (Å²) in [6, 6.07) is -3.11. The molecule has 2 amide bonds. The summed E-state index contributed by atoms with van der Waals surface area (Å²) in [6.45, 7) is 2.45. The van der Waals surface area contributed by atoms with Crippen molar-refractivity contribution in [3.8, 4) is 0 Å². The van der Waals surface area contributed by atoms with E-state index < -0.39 is 67.3 Å². The first-order chi connectivity index (χ1) is 13.5. The number of aliphatic hydroxyl groups is 3. The van der Waals surface area contributed by atoms with Crippen LogP contribution in [0.5, 0.6) is 0 Å². The van der Waals surface area contributed by atoms with Crippen LogP contribution in [0.4, 0.5) is 0 Å². The third-order valence-corrected chi connectivity index (χ3v) is 4.52. The fraction of sp³-hybridized carbons (Fsp3) is 0.824. The molecule has 8 atom stereocenters. The molecule has 0 aromatic heterocycles. The largest absolute Gasteiger partial charge is 0.394 e. The predicted molar refractivity (Wildman–Crippen MR) is 98.9 cm³/mol. The molecule has 12 heteroatoms. The Morgan fingerprint density at radius 3 is 2.38 bits per heavy atom. The molecule has 1 saturated heterocycles. The van der Waals surface area contributed by atoms with Crippen LogP contribution in [0.1, 0.15) is 33.1 Å². The van der Waals surface area contributed by atoms with Gasteiger partial charge >= 0.3 is 0 Å². The maximum Gasteiger partial charge on any atom is 0.258 e. The Bertz CT molecular complexity index is 576. The van der Waals surface area contributed by atoms with Crippen LogP contribution in [-0.2, 0) is 23.9 Å². The van der Waals surface area contributed by atoms with Gasteiger partial charge < -0.3 is 42.0 Å². The van der Waals surface area contributed by atoms with Gasteiger partial charge in [-0.3, -0.25) is 14.4 Å². The van der Waals surface area contributed by atoms with Crippen molar-refractivity contribution in [2.24, 2.45) is 17.2 Å². The summed E-state index contributed by atoms with van der Waals surface area (Å²) < 4.78 is 10.6. The molecule has 12 nitrogen and oxygen atoms in total. The van der Waals surface area contributed by atoms with Crippen LogP contribution in [0, 0.1) is 0 Å². The van der Waals surface area contributed by atoms with Crippen molar-refractivity contribution in [3.05, 3.63) is 0 Å². The van der Waals surface area contributed by atoms with E-state index in [1.165, 1.54) is 6.92 Å². The molecular formula is C17H31N4O8. The van der Waals surface area contributed by atoms with Crippen LogP contribution in [-0.4, -0.2) is 88.4 Å². The van der Waals surface area contributed by atoms with Crippen molar-refractivity contribution in [3.63, 3.8) is 0 Å². The smallest absolute Gasteiger partial charge is 0.258 e. The highest BCUT2D eigenvalue weighted by Gasteiger charge is 2.44. The zero-order valence-corrected chi connectivity index (χ0v) is 16.5. The monoisotopic (exact) mass is 419 g/mol. The molecule has 0 saturated carbocycles. The van der Waals surface area contributed by atoms with Gasteiger partial charge in [-0.1, -0.05) is 0 Å². The van der Waals surface area contributed by atoms with Gasteiger partial charge in [-0.25, -0.2) is 5.32 Å². The van der Waals surface area contributed by atoms with E-state index >= 15 is 0 Å². The molecule has 167 valence electrons. The Labute approximate surface area is 168 Å². The minimum Gasteiger partial charge on any atom is -0.394 e. The fourth-order valence-electron chi connectivity index (χ4n) is 2.85. The van der Waals surface area contributed by atoms with Crippen molar-refractivity contribution in [2.75, 3.05) is 6.61 Å². The second-order valence-electron chi connectivity index (χ2n) is 7.18. The minimum atomic E-state index is -1.44. The standard InChI is InChI=1S/C17H31N4O8/c1-7(28-14-12(19)17(27)29-11(6-22)13(14)24)5-9(23)3-4-10(15(20)25)21-16(26)8(2)18/h7-8,10-14,17,22,24,27H,3-6,18-19H2,1-2H3,(H2,20,25)/t7?,8-,10+,11+,12+,13+,14+,17-/m0/s1. The van der Waals surface area contributed by atoms with Gasteiger partial charge in [-0.2, -0.15) is 0 Å². The van der Waals surface area contributed by atoms with Crippen LogP contribution >= 0.6 is 0 Å². The molecule has 1 fully saturated rings. The topological polar surface area (TPSA) is 223 Å². The van der Waals surface area contributed by atoms with E-state index in [9.17, 15) is 29.7 Å². The van der Waals surface area contributed by atoms with Crippen LogP contribution in [0.3, 0.4) is 0 Å². The molecule has 9 N–H and O–H groups in total.